The SMILES string of the molecule is CCN1CCC[C@@H]1CN(CC1CCN(CCOC)CC1)C(=O)c1cc[n+]([O-])cc1. The number of hydrogen-bond donors (Lipinski definition) is 0. The van der Waals surface area contributed by atoms with Crippen LogP contribution >= 0.6 is 0 Å². The van der Waals surface area contributed by atoms with E-state index in [-0.39, 0.29) is 5.91 Å². The number of rotatable bonds is 9. The number of pyridine rings is 1. The minimum Gasteiger partial charge on any atom is -0.619 e. The summed E-state index contributed by atoms with van der Waals surface area (Å²) in [6, 6.07) is 3.73. The van der Waals surface area contributed by atoms with Crippen molar-refractivity contribution in [3.63, 3.8) is 0 Å². The van der Waals surface area contributed by atoms with Crippen LogP contribution in [0.15, 0.2) is 24.5 Å². The lowest BCUT2D eigenvalue weighted by Crippen LogP contribution is -2.46. The molecular formula is C22H36N4O3. The first kappa shape index (κ1) is 22.0. The number of hydrogen-bond acceptors (Lipinski definition) is 5. The second kappa shape index (κ2) is 10.9. The van der Waals surface area contributed by atoms with Gasteiger partial charge in [-0.1, -0.05) is 6.92 Å². The molecule has 0 bridgehead atoms. The molecule has 1 aromatic heterocycles. The Morgan fingerprint density at radius 3 is 2.59 bits per heavy atom. The Bertz CT molecular complexity index is 631. The average molecular weight is 405 g/mol. The highest BCUT2D eigenvalue weighted by Crippen LogP contribution is 2.23. The van der Waals surface area contributed by atoms with E-state index in [0.29, 0.717) is 17.5 Å². The largest absolute Gasteiger partial charge is 0.619 e. The minimum absolute atomic E-state index is 0.0513. The zero-order chi connectivity index (χ0) is 20.6. The van der Waals surface area contributed by atoms with Crippen LogP contribution in [0.1, 0.15) is 43.0 Å². The van der Waals surface area contributed by atoms with Crippen molar-refractivity contribution in [1.29, 1.82) is 0 Å². The summed E-state index contributed by atoms with van der Waals surface area (Å²) in [7, 11) is 1.75. The Kier molecular flexibility index (Phi) is 8.27. The molecule has 29 heavy (non-hydrogen) atoms. The Morgan fingerprint density at radius 2 is 1.93 bits per heavy atom. The predicted molar refractivity (Wildman–Crippen MR) is 113 cm³/mol. The number of likely N-dealkylation sites (tertiary alicyclic amines) is 2. The lowest BCUT2D eigenvalue weighted by Gasteiger charge is -2.36. The van der Waals surface area contributed by atoms with Crippen LogP contribution < -0.4 is 4.73 Å². The van der Waals surface area contributed by atoms with Gasteiger partial charge >= 0.3 is 0 Å². The summed E-state index contributed by atoms with van der Waals surface area (Å²) in [5.41, 5.74) is 0.607. The number of carbonyl (C=O) groups is 1. The summed E-state index contributed by atoms with van der Waals surface area (Å²) in [5, 5.41) is 11.4. The van der Waals surface area contributed by atoms with E-state index in [2.05, 4.69) is 21.6 Å². The van der Waals surface area contributed by atoms with E-state index in [1.165, 1.54) is 18.8 Å². The molecular weight excluding hydrogens is 368 g/mol. The normalized spacial score (nSPS) is 21.5. The monoisotopic (exact) mass is 404 g/mol. The highest BCUT2D eigenvalue weighted by atomic mass is 16.5. The first-order valence-electron chi connectivity index (χ1n) is 11.0. The van der Waals surface area contributed by atoms with Crippen molar-refractivity contribution >= 4 is 5.91 Å². The fraction of sp³-hybridized carbons (Fsp3) is 0.727. The van der Waals surface area contributed by atoms with Crippen LogP contribution in [0, 0.1) is 11.1 Å². The molecule has 0 radical (unpaired) electrons. The number of amides is 1. The van der Waals surface area contributed by atoms with Crippen molar-refractivity contribution in [2.24, 2.45) is 5.92 Å². The van der Waals surface area contributed by atoms with Crippen LogP contribution in [0.5, 0.6) is 0 Å². The van der Waals surface area contributed by atoms with Crippen molar-refractivity contribution < 1.29 is 14.3 Å². The first-order valence-corrected chi connectivity index (χ1v) is 11.0. The third kappa shape index (κ3) is 6.14. The van der Waals surface area contributed by atoms with Crippen LogP contribution in [-0.4, -0.2) is 86.2 Å². The highest BCUT2D eigenvalue weighted by Gasteiger charge is 2.30. The van der Waals surface area contributed by atoms with Crippen LogP contribution in [-0.2, 0) is 4.74 Å². The molecule has 0 aromatic carbocycles. The molecule has 162 valence electrons. The third-order valence-electron chi connectivity index (χ3n) is 6.47. The van der Waals surface area contributed by atoms with Gasteiger partial charge in [-0.15, -0.1) is 0 Å². The molecule has 1 aromatic rings. The predicted octanol–water partition coefficient (Wildman–Crippen LogP) is 1.60. The van der Waals surface area contributed by atoms with Gasteiger partial charge in [-0.25, -0.2) is 0 Å². The number of piperidine rings is 1. The molecule has 3 rings (SSSR count). The van der Waals surface area contributed by atoms with Crippen molar-refractivity contribution in [2.45, 2.75) is 38.6 Å². The van der Waals surface area contributed by atoms with Crippen molar-refractivity contribution in [3.05, 3.63) is 35.3 Å². The second-order valence-corrected chi connectivity index (χ2v) is 8.36. The molecule has 2 fully saturated rings. The number of carbonyl (C=O) groups excluding carboxylic acids is 1. The highest BCUT2D eigenvalue weighted by molar-refractivity contribution is 5.94. The summed E-state index contributed by atoms with van der Waals surface area (Å²) in [6.45, 7) is 9.85. The van der Waals surface area contributed by atoms with Gasteiger partial charge in [0.05, 0.1) is 12.2 Å². The maximum Gasteiger partial charge on any atom is 0.254 e. The molecule has 2 aliphatic heterocycles. The minimum atomic E-state index is 0.0513. The van der Waals surface area contributed by atoms with Crippen molar-refractivity contribution in [3.8, 4) is 0 Å². The molecule has 0 aliphatic carbocycles. The van der Waals surface area contributed by atoms with E-state index < -0.39 is 0 Å². The smallest absolute Gasteiger partial charge is 0.254 e. The van der Waals surface area contributed by atoms with Gasteiger partial charge < -0.3 is 19.7 Å². The van der Waals surface area contributed by atoms with Gasteiger partial charge in [0.15, 0.2) is 12.4 Å². The van der Waals surface area contributed by atoms with Gasteiger partial charge in [-0.05, 0) is 57.8 Å². The average Bonchev–Trinajstić information content (AvgIpc) is 3.20. The zero-order valence-corrected chi connectivity index (χ0v) is 18.0. The quantitative estimate of drug-likeness (QED) is 0.462. The van der Waals surface area contributed by atoms with E-state index in [1.807, 2.05) is 0 Å². The Morgan fingerprint density at radius 1 is 1.21 bits per heavy atom. The fourth-order valence-corrected chi connectivity index (χ4v) is 4.68. The number of methoxy groups -OCH3 is 1. The Hall–Kier alpha value is -1.70. The molecule has 0 N–H and O–H groups in total. The van der Waals surface area contributed by atoms with Crippen molar-refractivity contribution in [2.75, 3.05) is 59.5 Å². The fourth-order valence-electron chi connectivity index (χ4n) is 4.68. The molecule has 3 heterocycles. The molecule has 1 atom stereocenters. The molecule has 2 saturated heterocycles. The maximum atomic E-state index is 13.3. The molecule has 0 unspecified atom stereocenters. The lowest BCUT2D eigenvalue weighted by molar-refractivity contribution is -0.605. The number of likely N-dealkylation sites (N-methyl/N-ethyl adjacent to an activating group) is 1. The topological polar surface area (TPSA) is 63.0 Å². The number of nitrogens with zero attached hydrogens (tertiary/aromatic N) is 4. The lowest BCUT2D eigenvalue weighted by atomic mass is 9.95. The van der Waals surface area contributed by atoms with E-state index >= 15 is 0 Å². The van der Waals surface area contributed by atoms with Gasteiger partial charge in [0.1, 0.15) is 0 Å². The summed E-state index contributed by atoms with van der Waals surface area (Å²) in [6.07, 6.45) is 7.42. The van der Waals surface area contributed by atoms with Crippen molar-refractivity contribution in [1.82, 2.24) is 14.7 Å². The summed E-state index contributed by atoms with van der Waals surface area (Å²) in [4.78, 5) is 20.3. The summed E-state index contributed by atoms with van der Waals surface area (Å²) >= 11 is 0. The molecule has 1 amide bonds. The maximum absolute atomic E-state index is 13.3. The van der Waals surface area contributed by atoms with Gasteiger partial charge in [0.2, 0.25) is 0 Å². The Balaban J connectivity index is 1.64. The second-order valence-electron chi connectivity index (χ2n) is 8.36. The van der Waals surface area contributed by atoms with Crippen LogP contribution in [0.4, 0.5) is 0 Å². The van der Waals surface area contributed by atoms with Gasteiger partial charge in [-0.3, -0.25) is 9.69 Å². The van der Waals surface area contributed by atoms with Gasteiger partial charge in [-0.2, -0.15) is 4.73 Å². The van der Waals surface area contributed by atoms with Gasteiger partial charge in [0, 0.05) is 44.9 Å². The summed E-state index contributed by atoms with van der Waals surface area (Å²) < 4.78 is 5.93. The third-order valence-corrected chi connectivity index (χ3v) is 6.47. The molecule has 2 aliphatic rings. The van der Waals surface area contributed by atoms with E-state index in [9.17, 15) is 10.0 Å². The molecule has 7 heteroatoms. The number of aromatic nitrogens is 1. The first-order chi connectivity index (χ1) is 14.1. The van der Waals surface area contributed by atoms with Gasteiger partial charge in [0.25, 0.3) is 5.91 Å². The van der Waals surface area contributed by atoms with E-state index in [4.69, 9.17) is 4.74 Å². The Labute approximate surface area is 174 Å². The molecule has 0 spiro atoms. The van der Waals surface area contributed by atoms with Crippen LogP contribution in [0.3, 0.4) is 0 Å². The number of ether oxygens (including phenoxy) is 1. The van der Waals surface area contributed by atoms with Crippen LogP contribution in [0.2, 0.25) is 0 Å². The van der Waals surface area contributed by atoms with E-state index in [1.54, 1.807) is 19.2 Å². The zero-order valence-electron chi connectivity index (χ0n) is 18.0. The summed E-state index contributed by atoms with van der Waals surface area (Å²) in [5.74, 6) is 0.581. The standard InChI is InChI=1S/C22H36N4O3/c1-3-24-10-4-5-21(24)18-25(22(27)20-8-13-26(28)14-9-20)17-19-6-11-23(12-7-19)15-16-29-2/h8-9,13-14,19,21H,3-7,10-12,15-18H2,1-2H3/t21-/m1/s1. The van der Waals surface area contributed by atoms with E-state index in [0.717, 1.165) is 76.4 Å². The molecule has 7 nitrogen and oxygen atoms in total. The molecule has 0 saturated carbocycles. The van der Waals surface area contributed by atoms with Crippen LogP contribution in [0.25, 0.3) is 0 Å².